The molecule has 0 spiro atoms. The quantitative estimate of drug-likeness (QED) is 0.782. The Bertz CT molecular complexity index is 424. The highest BCUT2D eigenvalue weighted by atomic mass is 15.2. The number of hydrogen-bond donors (Lipinski definition) is 0. The van der Waals surface area contributed by atoms with Crippen molar-refractivity contribution in [3.05, 3.63) is 18.1 Å². The van der Waals surface area contributed by atoms with Crippen molar-refractivity contribution in [1.29, 1.82) is 5.26 Å². The zero-order valence-corrected chi connectivity index (χ0v) is 10.4. The van der Waals surface area contributed by atoms with Crippen LogP contribution in [0.1, 0.15) is 38.7 Å². The maximum atomic E-state index is 9.10. The Morgan fingerprint density at radius 3 is 3.06 bits per heavy atom. The van der Waals surface area contributed by atoms with Crippen molar-refractivity contribution in [2.45, 2.75) is 39.2 Å². The summed E-state index contributed by atoms with van der Waals surface area (Å²) < 4.78 is 0. The maximum Gasteiger partial charge on any atom is 0.150 e. The molecule has 1 saturated heterocycles. The molecule has 2 atom stereocenters. The number of aromatic nitrogens is 2. The Hall–Kier alpha value is -1.63. The van der Waals surface area contributed by atoms with Gasteiger partial charge in [-0.1, -0.05) is 13.3 Å². The van der Waals surface area contributed by atoms with Gasteiger partial charge in [0.25, 0.3) is 0 Å². The number of piperidine rings is 1. The molecule has 90 valence electrons. The summed E-state index contributed by atoms with van der Waals surface area (Å²) in [6.45, 7) is 5.43. The molecule has 1 aliphatic rings. The van der Waals surface area contributed by atoms with E-state index in [4.69, 9.17) is 5.26 Å². The third-order valence-electron chi connectivity index (χ3n) is 3.64. The fourth-order valence-corrected chi connectivity index (χ4v) is 2.44. The summed E-state index contributed by atoms with van der Waals surface area (Å²) in [7, 11) is 0. The molecule has 0 amide bonds. The molecule has 1 aliphatic heterocycles. The van der Waals surface area contributed by atoms with E-state index in [2.05, 4.69) is 34.8 Å². The summed E-state index contributed by atoms with van der Waals surface area (Å²) in [6, 6.07) is 2.64. The number of rotatable bonds is 2. The third-order valence-corrected chi connectivity index (χ3v) is 3.64. The lowest BCUT2D eigenvalue weighted by molar-refractivity contribution is 0.357. The van der Waals surface area contributed by atoms with Gasteiger partial charge < -0.3 is 4.90 Å². The predicted molar refractivity (Wildman–Crippen MR) is 66.6 cm³/mol. The zero-order chi connectivity index (χ0) is 12.3. The highest BCUT2D eigenvalue weighted by Crippen LogP contribution is 2.29. The van der Waals surface area contributed by atoms with Gasteiger partial charge in [0.2, 0.25) is 0 Å². The third kappa shape index (κ3) is 2.38. The summed E-state index contributed by atoms with van der Waals surface area (Å²) >= 11 is 0. The van der Waals surface area contributed by atoms with Crippen molar-refractivity contribution in [2.75, 3.05) is 11.4 Å². The van der Waals surface area contributed by atoms with E-state index in [1.165, 1.54) is 25.6 Å². The van der Waals surface area contributed by atoms with Crippen molar-refractivity contribution in [2.24, 2.45) is 5.92 Å². The van der Waals surface area contributed by atoms with Crippen LogP contribution < -0.4 is 4.90 Å². The van der Waals surface area contributed by atoms with Crippen LogP contribution in [0.3, 0.4) is 0 Å². The van der Waals surface area contributed by atoms with Gasteiger partial charge in [-0.25, -0.2) is 9.97 Å². The van der Waals surface area contributed by atoms with Gasteiger partial charge in [0.05, 0.1) is 6.20 Å². The van der Waals surface area contributed by atoms with Gasteiger partial charge in [-0.05, 0) is 25.7 Å². The Morgan fingerprint density at radius 2 is 2.35 bits per heavy atom. The first kappa shape index (κ1) is 11.8. The first-order valence-corrected chi connectivity index (χ1v) is 6.23. The average molecular weight is 230 g/mol. The molecule has 4 nitrogen and oxygen atoms in total. The van der Waals surface area contributed by atoms with E-state index >= 15 is 0 Å². The first-order chi connectivity index (χ1) is 8.26. The van der Waals surface area contributed by atoms with Crippen molar-refractivity contribution in [3.8, 4) is 6.07 Å². The van der Waals surface area contributed by atoms with Crippen molar-refractivity contribution in [1.82, 2.24) is 9.97 Å². The van der Waals surface area contributed by atoms with E-state index in [1.54, 1.807) is 6.20 Å². The van der Waals surface area contributed by atoms with Gasteiger partial charge in [-0.2, -0.15) is 5.26 Å². The van der Waals surface area contributed by atoms with Crippen LogP contribution in [-0.4, -0.2) is 22.6 Å². The second-order valence-electron chi connectivity index (χ2n) is 4.72. The molecule has 1 aromatic heterocycles. The molecule has 2 heterocycles. The molecule has 17 heavy (non-hydrogen) atoms. The highest BCUT2D eigenvalue weighted by Gasteiger charge is 2.26. The lowest BCUT2D eigenvalue weighted by Crippen LogP contribution is -2.42. The molecular formula is C13H18N4. The van der Waals surface area contributed by atoms with Crippen LogP contribution in [0.4, 0.5) is 5.82 Å². The standard InChI is InChI=1S/C13H18N4/c1-3-11-5-4-10(2)17(8-11)13-12(6-14)7-15-9-16-13/h7,9-11H,3-5,8H2,1-2H3. The van der Waals surface area contributed by atoms with E-state index in [9.17, 15) is 0 Å². The second-order valence-corrected chi connectivity index (χ2v) is 4.72. The van der Waals surface area contributed by atoms with E-state index < -0.39 is 0 Å². The van der Waals surface area contributed by atoms with Crippen LogP contribution in [-0.2, 0) is 0 Å². The van der Waals surface area contributed by atoms with Crippen LogP contribution in [0.2, 0.25) is 0 Å². The van der Waals surface area contributed by atoms with Crippen LogP contribution in [0.15, 0.2) is 12.5 Å². The number of nitriles is 1. The number of hydrogen-bond acceptors (Lipinski definition) is 4. The Balaban J connectivity index is 2.28. The summed E-state index contributed by atoms with van der Waals surface area (Å²) in [5, 5.41) is 9.10. The van der Waals surface area contributed by atoms with Crippen LogP contribution in [0.5, 0.6) is 0 Å². The molecule has 4 heteroatoms. The smallest absolute Gasteiger partial charge is 0.150 e. The van der Waals surface area contributed by atoms with Gasteiger partial charge >= 0.3 is 0 Å². The minimum Gasteiger partial charge on any atom is -0.352 e. The van der Waals surface area contributed by atoms with E-state index in [0.717, 1.165) is 12.4 Å². The maximum absolute atomic E-state index is 9.10. The molecule has 0 aliphatic carbocycles. The van der Waals surface area contributed by atoms with Gasteiger partial charge in [0.1, 0.15) is 23.8 Å². The van der Waals surface area contributed by atoms with Gasteiger partial charge in [0, 0.05) is 12.6 Å². The monoisotopic (exact) mass is 230 g/mol. The van der Waals surface area contributed by atoms with E-state index in [1.807, 2.05) is 0 Å². The molecule has 2 rings (SSSR count). The summed E-state index contributed by atoms with van der Waals surface area (Å²) in [5.74, 6) is 1.51. The normalized spacial score (nSPS) is 24.4. The van der Waals surface area contributed by atoms with Gasteiger partial charge in [-0.15, -0.1) is 0 Å². The van der Waals surface area contributed by atoms with Gasteiger partial charge in [0.15, 0.2) is 0 Å². The molecule has 1 aromatic rings. The predicted octanol–water partition coefficient (Wildman–Crippen LogP) is 2.36. The molecule has 0 bridgehead atoms. The lowest BCUT2D eigenvalue weighted by Gasteiger charge is -2.38. The molecule has 0 N–H and O–H groups in total. The molecule has 0 radical (unpaired) electrons. The fourth-order valence-electron chi connectivity index (χ4n) is 2.44. The lowest BCUT2D eigenvalue weighted by atomic mass is 9.91. The number of anilines is 1. The molecule has 2 unspecified atom stereocenters. The van der Waals surface area contributed by atoms with Crippen molar-refractivity contribution >= 4 is 5.82 Å². The highest BCUT2D eigenvalue weighted by molar-refractivity contribution is 5.53. The minimum atomic E-state index is 0.458. The van der Waals surface area contributed by atoms with Crippen LogP contribution in [0.25, 0.3) is 0 Å². The summed E-state index contributed by atoms with van der Waals surface area (Å²) in [6.07, 6.45) is 6.77. The molecule has 1 fully saturated rings. The average Bonchev–Trinajstić information content (AvgIpc) is 2.39. The van der Waals surface area contributed by atoms with Crippen LogP contribution in [0, 0.1) is 17.2 Å². The van der Waals surface area contributed by atoms with E-state index in [0.29, 0.717) is 17.5 Å². The van der Waals surface area contributed by atoms with Crippen molar-refractivity contribution in [3.63, 3.8) is 0 Å². The Labute approximate surface area is 102 Å². The second kappa shape index (κ2) is 5.13. The Kier molecular flexibility index (Phi) is 3.58. The minimum absolute atomic E-state index is 0.458. The van der Waals surface area contributed by atoms with Gasteiger partial charge in [-0.3, -0.25) is 0 Å². The number of nitrogens with zero attached hydrogens (tertiary/aromatic N) is 4. The SMILES string of the molecule is CCC1CCC(C)N(c2ncncc2C#N)C1. The first-order valence-electron chi connectivity index (χ1n) is 6.23. The molecular weight excluding hydrogens is 212 g/mol. The Morgan fingerprint density at radius 1 is 1.53 bits per heavy atom. The fraction of sp³-hybridized carbons (Fsp3) is 0.615. The molecule has 0 aromatic carbocycles. The summed E-state index contributed by atoms with van der Waals surface area (Å²) in [5.41, 5.74) is 0.580. The van der Waals surface area contributed by atoms with E-state index in [-0.39, 0.29) is 0 Å². The largest absolute Gasteiger partial charge is 0.352 e. The molecule has 0 saturated carbocycles. The van der Waals surface area contributed by atoms with Crippen LogP contribution >= 0.6 is 0 Å². The summed E-state index contributed by atoms with van der Waals surface area (Å²) in [4.78, 5) is 10.5. The topological polar surface area (TPSA) is 52.8 Å². The zero-order valence-electron chi connectivity index (χ0n) is 10.4. The van der Waals surface area contributed by atoms with Crippen molar-refractivity contribution < 1.29 is 0 Å².